The van der Waals surface area contributed by atoms with E-state index in [1.165, 1.54) is 17.4 Å². The Morgan fingerprint density at radius 2 is 2.00 bits per heavy atom. The standard InChI is InChI=1S/C22H20FN3O2S/c23-17-9-14(26-7-5-13(12-24)6-8-26)10-19-15(17)11-16(22(27)28-19)21-25-18-3-1-2-4-20(18)29-21/h1-4,9-11,13H,5-8,12,24H2. The summed E-state index contributed by atoms with van der Waals surface area (Å²) in [4.78, 5) is 19.3. The summed E-state index contributed by atoms with van der Waals surface area (Å²) in [6, 6.07) is 12.5. The van der Waals surface area contributed by atoms with Crippen LogP contribution in [0.3, 0.4) is 0 Å². The van der Waals surface area contributed by atoms with Crippen LogP contribution in [0.25, 0.3) is 31.8 Å². The minimum Gasteiger partial charge on any atom is -0.422 e. The van der Waals surface area contributed by atoms with Gasteiger partial charge in [0.1, 0.15) is 16.4 Å². The number of rotatable bonds is 3. The molecule has 0 spiro atoms. The molecule has 4 aromatic rings. The summed E-state index contributed by atoms with van der Waals surface area (Å²) in [5.41, 5.74) is 7.34. The molecule has 1 aliphatic heterocycles. The third-order valence-electron chi connectivity index (χ3n) is 5.62. The number of hydrogen-bond donors (Lipinski definition) is 1. The van der Waals surface area contributed by atoms with Crippen LogP contribution in [0.15, 0.2) is 51.7 Å². The third-order valence-corrected chi connectivity index (χ3v) is 6.69. The molecule has 1 aliphatic rings. The highest BCUT2D eigenvalue weighted by molar-refractivity contribution is 7.21. The largest absolute Gasteiger partial charge is 0.422 e. The molecule has 29 heavy (non-hydrogen) atoms. The lowest BCUT2D eigenvalue weighted by Gasteiger charge is -2.33. The molecule has 2 N–H and O–H groups in total. The van der Waals surface area contributed by atoms with Crippen LogP contribution in [0.4, 0.5) is 10.1 Å². The molecule has 0 amide bonds. The predicted molar refractivity (Wildman–Crippen MR) is 115 cm³/mol. The number of thiazole rings is 1. The van der Waals surface area contributed by atoms with Gasteiger partial charge in [-0.1, -0.05) is 12.1 Å². The first-order chi connectivity index (χ1) is 14.1. The number of anilines is 1. The smallest absolute Gasteiger partial charge is 0.346 e. The lowest BCUT2D eigenvalue weighted by Crippen LogP contribution is -2.36. The zero-order valence-electron chi connectivity index (χ0n) is 15.7. The maximum Gasteiger partial charge on any atom is 0.346 e. The van der Waals surface area contributed by atoms with Crippen LogP contribution in [-0.4, -0.2) is 24.6 Å². The lowest BCUT2D eigenvalue weighted by molar-refractivity contribution is 0.414. The summed E-state index contributed by atoms with van der Waals surface area (Å²) in [5, 5.41) is 0.827. The molecular weight excluding hydrogens is 389 g/mol. The van der Waals surface area contributed by atoms with Crippen molar-refractivity contribution in [1.29, 1.82) is 0 Å². The number of benzene rings is 2. The van der Waals surface area contributed by atoms with Gasteiger partial charge in [-0.15, -0.1) is 11.3 Å². The van der Waals surface area contributed by atoms with Gasteiger partial charge in [0.25, 0.3) is 0 Å². The van der Waals surface area contributed by atoms with Crippen LogP contribution in [-0.2, 0) is 0 Å². The number of piperidine rings is 1. The SMILES string of the molecule is NCC1CCN(c2cc(F)c3cc(-c4nc5ccccc5s4)c(=O)oc3c2)CC1. The van der Waals surface area contributed by atoms with E-state index in [1.54, 1.807) is 12.1 Å². The summed E-state index contributed by atoms with van der Waals surface area (Å²) in [6.07, 6.45) is 1.97. The van der Waals surface area contributed by atoms with Gasteiger partial charge >= 0.3 is 5.63 Å². The van der Waals surface area contributed by atoms with E-state index >= 15 is 0 Å². The van der Waals surface area contributed by atoms with Gasteiger partial charge in [-0.05, 0) is 49.6 Å². The number of para-hydroxylation sites is 1. The molecule has 0 radical (unpaired) electrons. The van der Waals surface area contributed by atoms with Crippen LogP contribution in [0.5, 0.6) is 0 Å². The average Bonchev–Trinajstić information content (AvgIpc) is 3.17. The Labute approximate surface area is 170 Å². The molecule has 7 heteroatoms. The second kappa shape index (κ2) is 7.24. The van der Waals surface area contributed by atoms with E-state index in [9.17, 15) is 9.18 Å². The Hall–Kier alpha value is -2.77. The van der Waals surface area contributed by atoms with Crippen LogP contribution >= 0.6 is 11.3 Å². The zero-order valence-corrected chi connectivity index (χ0v) is 16.5. The number of nitrogens with two attached hydrogens (primary N) is 1. The molecule has 148 valence electrons. The lowest BCUT2D eigenvalue weighted by atomic mass is 9.96. The van der Waals surface area contributed by atoms with Crippen molar-refractivity contribution in [2.24, 2.45) is 11.7 Å². The first-order valence-corrected chi connectivity index (χ1v) is 10.5. The van der Waals surface area contributed by atoms with Gasteiger partial charge in [0.2, 0.25) is 0 Å². The van der Waals surface area contributed by atoms with Crippen molar-refractivity contribution < 1.29 is 8.81 Å². The van der Waals surface area contributed by atoms with E-state index in [1.807, 2.05) is 24.3 Å². The van der Waals surface area contributed by atoms with E-state index in [0.29, 0.717) is 22.9 Å². The van der Waals surface area contributed by atoms with Gasteiger partial charge in [0.05, 0.1) is 21.2 Å². The summed E-state index contributed by atoms with van der Waals surface area (Å²) >= 11 is 1.40. The molecule has 2 aromatic carbocycles. The Morgan fingerprint density at radius 3 is 2.76 bits per heavy atom. The highest BCUT2D eigenvalue weighted by Crippen LogP contribution is 2.32. The molecule has 0 atom stereocenters. The highest BCUT2D eigenvalue weighted by Gasteiger charge is 2.21. The van der Waals surface area contributed by atoms with Crippen molar-refractivity contribution in [1.82, 2.24) is 4.98 Å². The van der Waals surface area contributed by atoms with E-state index < -0.39 is 11.4 Å². The van der Waals surface area contributed by atoms with Crippen LogP contribution in [0, 0.1) is 11.7 Å². The molecule has 5 nitrogen and oxygen atoms in total. The van der Waals surface area contributed by atoms with Crippen LogP contribution in [0.2, 0.25) is 0 Å². The Balaban J connectivity index is 1.55. The van der Waals surface area contributed by atoms with Gasteiger partial charge < -0.3 is 15.1 Å². The summed E-state index contributed by atoms with van der Waals surface area (Å²) in [6.45, 7) is 2.32. The van der Waals surface area contributed by atoms with Gasteiger partial charge in [-0.25, -0.2) is 14.2 Å². The van der Waals surface area contributed by atoms with Crippen molar-refractivity contribution in [2.45, 2.75) is 12.8 Å². The average molecular weight is 409 g/mol. The van der Waals surface area contributed by atoms with Gasteiger partial charge in [0.15, 0.2) is 0 Å². The number of halogens is 1. The van der Waals surface area contributed by atoms with Crippen molar-refractivity contribution >= 4 is 38.2 Å². The second-order valence-electron chi connectivity index (χ2n) is 7.44. The predicted octanol–water partition coefficient (Wildman–Crippen LogP) is 4.38. The Kier molecular flexibility index (Phi) is 4.56. The number of fused-ring (bicyclic) bond motifs is 2. The summed E-state index contributed by atoms with van der Waals surface area (Å²) in [5.74, 6) is 0.121. The molecule has 0 saturated carbocycles. The van der Waals surface area contributed by atoms with Crippen LogP contribution < -0.4 is 16.3 Å². The normalized spacial score (nSPS) is 15.4. The molecule has 2 aromatic heterocycles. The van der Waals surface area contributed by atoms with Gasteiger partial charge in [-0.3, -0.25) is 0 Å². The van der Waals surface area contributed by atoms with Crippen molar-refractivity contribution in [2.75, 3.05) is 24.5 Å². The molecule has 3 heterocycles. The van der Waals surface area contributed by atoms with Crippen LogP contribution in [0.1, 0.15) is 12.8 Å². The molecule has 0 aliphatic carbocycles. The molecule has 1 fully saturated rings. The summed E-state index contributed by atoms with van der Waals surface area (Å²) in [7, 11) is 0. The first kappa shape index (κ1) is 18.3. The number of aromatic nitrogens is 1. The quantitative estimate of drug-likeness (QED) is 0.508. The maximum atomic E-state index is 15.0. The van der Waals surface area contributed by atoms with E-state index in [0.717, 1.165) is 41.8 Å². The van der Waals surface area contributed by atoms with E-state index in [2.05, 4.69) is 9.88 Å². The fourth-order valence-electron chi connectivity index (χ4n) is 3.91. The fraction of sp³-hybridized carbons (Fsp3) is 0.273. The monoisotopic (exact) mass is 409 g/mol. The Morgan fingerprint density at radius 1 is 1.21 bits per heavy atom. The first-order valence-electron chi connectivity index (χ1n) is 9.71. The second-order valence-corrected chi connectivity index (χ2v) is 8.47. The molecule has 5 rings (SSSR count). The highest BCUT2D eigenvalue weighted by atomic mass is 32.1. The fourth-order valence-corrected chi connectivity index (χ4v) is 4.88. The molecule has 1 saturated heterocycles. The van der Waals surface area contributed by atoms with Gasteiger partial charge in [0, 0.05) is 24.8 Å². The summed E-state index contributed by atoms with van der Waals surface area (Å²) < 4.78 is 21.4. The number of nitrogens with zero attached hydrogens (tertiary/aromatic N) is 2. The zero-order chi connectivity index (χ0) is 20.0. The topological polar surface area (TPSA) is 72.4 Å². The van der Waals surface area contributed by atoms with E-state index in [4.69, 9.17) is 10.2 Å². The van der Waals surface area contributed by atoms with Crippen molar-refractivity contribution in [3.8, 4) is 10.6 Å². The van der Waals surface area contributed by atoms with Crippen molar-refractivity contribution in [3.63, 3.8) is 0 Å². The third kappa shape index (κ3) is 3.30. The number of hydrogen-bond acceptors (Lipinski definition) is 6. The van der Waals surface area contributed by atoms with Gasteiger partial charge in [-0.2, -0.15) is 0 Å². The van der Waals surface area contributed by atoms with Crippen molar-refractivity contribution in [3.05, 3.63) is 58.7 Å². The molecule has 0 unspecified atom stereocenters. The molecular formula is C22H20FN3O2S. The van der Waals surface area contributed by atoms with E-state index in [-0.39, 0.29) is 11.1 Å². The minimum absolute atomic E-state index is 0.260. The molecule has 0 bridgehead atoms. The Bertz CT molecular complexity index is 1230. The minimum atomic E-state index is -0.505. The maximum absolute atomic E-state index is 15.0.